The maximum atomic E-state index is 12.7. The second-order valence-corrected chi connectivity index (χ2v) is 10.8. The third-order valence-electron chi connectivity index (χ3n) is 4.89. The van der Waals surface area contributed by atoms with Crippen LogP contribution in [0.3, 0.4) is 0 Å². The fourth-order valence-corrected chi connectivity index (χ4v) is 5.85. The molecule has 0 fully saturated rings. The molecule has 4 rings (SSSR count). The van der Waals surface area contributed by atoms with Gasteiger partial charge in [-0.2, -0.15) is 0 Å². The number of hydrogen-bond donors (Lipinski definition) is 1. The summed E-state index contributed by atoms with van der Waals surface area (Å²) < 4.78 is 28.4. The van der Waals surface area contributed by atoms with E-state index in [2.05, 4.69) is 37.8 Å². The summed E-state index contributed by atoms with van der Waals surface area (Å²) in [6.07, 6.45) is 1.73. The Labute approximate surface area is 183 Å². The second kappa shape index (κ2) is 8.12. The first-order chi connectivity index (χ1) is 13.8. The van der Waals surface area contributed by atoms with Gasteiger partial charge in [0, 0.05) is 27.5 Å². The van der Waals surface area contributed by atoms with Crippen molar-refractivity contribution in [1.82, 2.24) is 5.32 Å². The van der Waals surface area contributed by atoms with E-state index < -0.39 is 10.0 Å². The molecule has 1 unspecified atom stereocenters. The maximum absolute atomic E-state index is 12.7. The van der Waals surface area contributed by atoms with Crippen molar-refractivity contribution >= 4 is 54.5 Å². The third-order valence-corrected chi connectivity index (χ3v) is 7.73. The van der Waals surface area contributed by atoms with Gasteiger partial charge >= 0.3 is 0 Å². The molecule has 0 bridgehead atoms. The molecule has 0 aromatic heterocycles. The lowest BCUT2D eigenvalue weighted by molar-refractivity contribution is 0.0938. The monoisotopic (exact) mass is 493 g/mol. The Morgan fingerprint density at radius 3 is 2.79 bits per heavy atom. The molecule has 2 aliphatic heterocycles. The summed E-state index contributed by atoms with van der Waals surface area (Å²) in [4.78, 5) is 15.4. The molecule has 6 nitrogen and oxygen atoms in total. The van der Waals surface area contributed by atoms with Gasteiger partial charge in [-0.3, -0.25) is 4.79 Å². The summed E-state index contributed by atoms with van der Waals surface area (Å²) in [5, 5.41) is 3.51. The zero-order valence-corrected chi connectivity index (χ0v) is 19.0. The highest BCUT2D eigenvalue weighted by Crippen LogP contribution is 2.42. The molecule has 9 heteroatoms. The van der Waals surface area contributed by atoms with E-state index in [-0.39, 0.29) is 17.7 Å². The van der Waals surface area contributed by atoms with E-state index in [4.69, 9.17) is 0 Å². The molecule has 1 atom stereocenters. The molecule has 0 saturated heterocycles. The quantitative estimate of drug-likeness (QED) is 0.684. The normalized spacial score (nSPS) is 17.9. The minimum atomic E-state index is -3.39. The largest absolute Gasteiger partial charge is 0.350 e. The Morgan fingerprint density at radius 2 is 2.03 bits per heavy atom. The molecule has 1 amide bonds. The molecular formula is C20H20BrN3O3S2. The number of carbonyl (C=O) groups excluding carboxylic acids is 1. The average molecular weight is 494 g/mol. The number of benzene rings is 2. The zero-order chi connectivity index (χ0) is 20.6. The van der Waals surface area contributed by atoms with Crippen molar-refractivity contribution < 1.29 is 13.2 Å². The third kappa shape index (κ3) is 4.67. The lowest BCUT2D eigenvalue weighted by atomic mass is 10.1. The van der Waals surface area contributed by atoms with E-state index in [9.17, 15) is 13.2 Å². The highest BCUT2D eigenvalue weighted by atomic mass is 79.9. The highest BCUT2D eigenvalue weighted by Gasteiger charge is 2.33. The summed E-state index contributed by atoms with van der Waals surface area (Å²) in [6, 6.07) is 13.7. The molecule has 1 N–H and O–H groups in total. The molecule has 2 aromatic rings. The summed E-state index contributed by atoms with van der Waals surface area (Å²) >= 11 is 4.73. The number of sulfonamides is 1. The Balaban J connectivity index is 1.40. The number of anilines is 1. The molecule has 2 aromatic carbocycles. The molecule has 0 aliphatic carbocycles. The van der Waals surface area contributed by atoms with Crippen LogP contribution in [0.1, 0.15) is 29.3 Å². The van der Waals surface area contributed by atoms with Crippen molar-refractivity contribution in [3.8, 4) is 0 Å². The van der Waals surface area contributed by atoms with E-state index in [0.717, 1.165) is 27.9 Å². The van der Waals surface area contributed by atoms with Crippen LogP contribution in [-0.4, -0.2) is 37.8 Å². The Kier molecular flexibility index (Phi) is 5.72. The number of nitrogens with one attached hydrogen (secondary N) is 1. The number of halogens is 1. The predicted molar refractivity (Wildman–Crippen MR) is 120 cm³/mol. The lowest BCUT2D eigenvalue weighted by Gasteiger charge is -2.22. The molecule has 29 heavy (non-hydrogen) atoms. The molecule has 0 saturated carbocycles. The van der Waals surface area contributed by atoms with Crippen LogP contribution in [0.5, 0.6) is 0 Å². The summed E-state index contributed by atoms with van der Waals surface area (Å²) in [7, 11) is -3.39. The standard InChI is InChI=1S/C20H20BrN3O3S2/c1-13(2-3-14-4-7-16(21)8-5-14)22-19(25)15-6-9-17-18(12-15)28-20-23-29(26,27)11-10-24(17)20/h4-9,12-13H,2-3,10-11H2,1H3,(H,22,25). The van der Waals surface area contributed by atoms with Crippen molar-refractivity contribution in [2.45, 2.75) is 30.7 Å². The fourth-order valence-electron chi connectivity index (χ4n) is 3.29. The predicted octanol–water partition coefficient (Wildman–Crippen LogP) is 3.81. The van der Waals surface area contributed by atoms with Gasteiger partial charge < -0.3 is 10.2 Å². The number of amidine groups is 1. The van der Waals surface area contributed by atoms with Gasteiger partial charge in [0.15, 0.2) is 5.17 Å². The van der Waals surface area contributed by atoms with Crippen molar-refractivity contribution in [1.29, 1.82) is 0 Å². The van der Waals surface area contributed by atoms with Crippen LogP contribution >= 0.6 is 27.7 Å². The minimum Gasteiger partial charge on any atom is -0.350 e. The molecular weight excluding hydrogens is 474 g/mol. The SMILES string of the molecule is CC(CCc1ccc(Br)cc1)NC(=O)c1ccc2c(c1)SC1=NS(=O)(=O)CCN12. The van der Waals surface area contributed by atoms with Crippen LogP contribution in [-0.2, 0) is 16.4 Å². The number of carbonyl (C=O) groups is 1. The number of rotatable bonds is 5. The molecule has 2 aliphatic rings. The fraction of sp³-hybridized carbons (Fsp3) is 0.300. The first-order valence-corrected chi connectivity index (χ1v) is 12.5. The lowest BCUT2D eigenvalue weighted by Crippen LogP contribution is -2.35. The van der Waals surface area contributed by atoms with Crippen LogP contribution in [0.2, 0.25) is 0 Å². The van der Waals surface area contributed by atoms with Crippen LogP contribution < -0.4 is 10.2 Å². The summed E-state index contributed by atoms with van der Waals surface area (Å²) in [6.45, 7) is 2.39. The van der Waals surface area contributed by atoms with Crippen molar-refractivity contribution in [2.75, 3.05) is 17.2 Å². The van der Waals surface area contributed by atoms with Gasteiger partial charge in [0.05, 0.1) is 11.4 Å². The van der Waals surface area contributed by atoms with Crippen molar-refractivity contribution in [3.63, 3.8) is 0 Å². The Bertz CT molecular complexity index is 1080. The van der Waals surface area contributed by atoms with Gasteiger partial charge in [-0.15, -0.1) is 4.40 Å². The number of thioether (sulfide) groups is 1. The van der Waals surface area contributed by atoms with Crippen molar-refractivity contribution in [3.05, 3.63) is 58.1 Å². The first-order valence-electron chi connectivity index (χ1n) is 9.28. The number of aryl methyl sites for hydroxylation is 1. The Hall–Kier alpha value is -1.84. The van der Waals surface area contributed by atoms with Gasteiger partial charge in [0.1, 0.15) is 0 Å². The number of amides is 1. The van der Waals surface area contributed by atoms with E-state index in [1.807, 2.05) is 36.1 Å². The topological polar surface area (TPSA) is 78.8 Å². The number of hydrogen-bond acceptors (Lipinski definition) is 5. The van der Waals surface area contributed by atoms with Crippen LogP contribution in [0.4, 0.5) is 5.69 Å². The van der Waals surface area contributed by atoms with E-state index in [1.165, 1.54) is 17.3 Å². The maximum Gasteiger partial charge on any atom is 0.257 e. The summed E-state index contributed by atoms with van der Waals surface area (Å²) in [5.74, 6) is -0.120. The second-order valence-electron chi connectivity index (χ2n) is 7.14. The van der Waals surface area contributed by atoms with Crippen LogP contribution in [0.25, 0.3) is 0 Å². The number of fused-ring (bicyclic) bond motifs is 3. The van der Waals surface area contributed by atoms with E-state index in [0.29, 0.717) is 17.3 Å². The van der Waals surface area contributed by atoms with E-state index >= 15 is 0 Å². The Morgan fingerprint density at radius 1 is 1.28 bits per heavy atom. The minimum absolute atomic E-state index is 0.00855. The highest BCUT2D eigenvalue weighted by molar-refractivity contribution is 9.10. The van der Waals surface area contributed by atoms with Gasteiger partial charge in [0.25, 0.3) is 15.9 Å². The van der Waals surface area contributed by atoms with Gasteiger partial charge in [-0.25, -0.2) is 8.42 Å². The molecule has 2 heterocycles. The van der Waals surface area contributed by atoms with Crippen LogP contribution in [0.15, 0.2) is 56.2 Å². The van der Waals surface area contributed by atoms with Gasteiger partial charge in [-0.05, 0) is 67.4 Å². The van der Waals surface area contributed by atoms with Gasteiger partial charge in [0.2, 0.25) is 0 Å². The van der Waals surface area contributed by atoms with Crippen molar-refractivity contribution in [2.24, 2.45) is 4.40 Å². The summed E-state index contributed by atoms with van der Waals surface area (Å²) in [5.41, 5.74) is 2.70. The van der Waals surface area contributed by atoms with Crippen LogP contribution in [0, 0.1) is 0 Å². The van der Waals surface area contributed by atoms with E-state index in [1.54, 1.807) is 6.07 Å². The molecule has 0 radical (unpaired) electrons. The zero-order valence-electron chi connectivity index (χ0n) is 15.8. The first kappa shape index (κ1) is 20.4. The molecule has 0 spiro atoms. The molecule has 152 valence electrons. The average Bonchev–Trinajstić information content (AvgIpc) is 3.02. The number of nitrogens with zero attached hydrogens (tertiary/aromatic N) is 2. The van der Waals surface area contributed by atoms with Gasteiger partial charge in [-0.1, -0.05) is 28.1 Å². The smallest absolute Gasteiger partial charge is 0.257 e.